The van der Waals surface area contributed by atoms with Crippen molar-refractivity contribution in [3.8, 4) is 11.6 Å². The van der Waals surface area contributed by atoms with Crippen LogP contribution in [0.3, 0.4) is 0 Å². The molecule has 166 valence electrons. The molecule has 0 radical (unpaired) electrons. The third-order valence-corrected chi connectivity index (χ3v) is 5.54. The number of hydrogen-bond donors (Lipinski definition) is 1. The Morgan fingerprint density at radius 3 is 2.59 bits per heavy atom. The number of methoxy groups -OCH3 is 1. The number of pyridine rings is 1. The van der Waals surface area contributed by atoms with E-state index in [4.69, 9.17) is 15.2 Å². The van der Waals surface area contributed by atoms with E-state index in [1.165, 1.54) is 0 Å². The fraction of sp³-hybridized carbons (Fsp3) is 0.364. The Labute approximate surface area is 185 Å². The van der Waals surface area contributed by atoms with Gasteiger partial charge in [-0.2, -0.15) is 10.2 Å². The summed E-state index contributed by atoms with van der Waals surface area (Å²) in [5.41, 5.74) is 8.33. The molecule has 0 unspecified atom stereocenters. The van der Waals surface area contributed by atoms with Crippen LogP contribution in [-0.4, -0.2) is 57.6 Å². The van der Waals surface area contributed by atoms with Gasteiger partial charge < -0.3 is 20.1 Å². The topological polar surface area (TPSA) is 129 Å². The summed E-state index contributed by atoms with van der Waals surface area (Å²) in [7, 11) is 1.58. The summed E-state index contributed by atoms with van der Waals surface area (Å²) in [5.74, 6) is 1.44. The van der Waals surface area contributed by atoms with Crippen LogP contribution in [-0.2, 0) is 6.42 Å². The summed E-state index contributed by atoms with van der Waals surface area (Å²) in [5, 5.41) is 16.2. The maximum Gasteiger partial charge on any atom is 0.269 e. The number of carbonyl (C=O) groups is 1. The van der Waals surface area contributed by atoms with Crippen LogP contribution in [0.2, 0.25) is 0 Å². The van der Waals surface area contributed by atoms with Gasteiger partial charge in [-0.3, -0.25) is 4.79 Å². The molecule has 4 rings (SSSR count). The number of rotatable bonds is 7. The molecule has 10 nitrogen and oxygen atoms in total. The number of aromatic nitrogens is 5. The van der Waals surface area contributed by atoms with Crippen molar-refractivity contribution >= 4 is 11.7 Å². The zero-order chi connectivity index (χ0) is 22.5. The van der Waals surface area contributed by atoms with E-state index in [2.05, 4.69) is 30.3 Å². The second kappa shape index (κ2) is 9.54. The molecule has 1 saturated heterocycles. The van der Waals surface area contributed by atoms with E-state index in [0.717, 1.165) is 54.2 Å². The van der Waals surface area contributed by atoms with Crippen molar-refractivity contribution in [3.63, 3.8) is 0 Å². The monoisotopic (exact) mass is 435 g/mol. The summed E-state index contributed by atoms with van der Waals surface area (Å²) in [4.78, 5) is 18.3. The van der Waals surface area contributed by atoms with Crippen molar-refractivity contribution in [3.05, 3.63) is 59.2 Å². The zero-order valence-corrected chi connectivity index (χ0v) is 18.1. The Balaban J connectivity index is 1.48. The van der Waals surface area contributed by atoms with Crippen molar-refractivity contribution in [2.24, 2.45) is 5.73 Å². The predicted molar refractivity (Wildman–Crippen MR) is 117 cm³/mol. The number of primary amides is 1. The van der Waals surface area contributed by atoms with Gasteiger partial charge in [-0.05, 0) is 35.7 Å². The first-order valence-corrected chi connectivity index (χ1v) is 10.4. The van der Waals surface area contributed by atoms with Crippen LogP contribution < -0.4 is 20.1 Å². The molecule has 32 heavy (non-hydrogen) atoms. The summed E-state index contributed by atoms with van der Waals surface area (Å²) in [6, 6.07) is 5.49. The van der Waals surface area contributed by atoms with Crippen LogP contribution in [0.25, 0.3) is 0 Å². The second-order valence-corrected chi connectivity index (χ2v) is 7.61. The van der Waals surface area contributed by atoms with Gasteiger partial charge in [-0.15, -0.1) is 10.2 Å². The van der Waals surface area contributed by atoms with E-state index in [-0.39, 0.29) is 11.8 Å². The lowest BCUT2D eigenvalue weighted by Gasteiger charge is -2.33. The summed E-state index contributed by atoms with van der Waals surface area (Å²) in [6.45, 7) is 3.47. The SMILES string of the molecule is COc1ccc(OC2CCN(c3nnc(C(N)=O)c(Cc4ccnnc4)c3C)CC2)cn1. The Bertz CT molecular complexity index is 1070. The highest BCUT2D eigenvalue weighted by atomic mass is 16.5. The molecule has 2 N–H and O–H groups in total. The molecule has 3 aromatic heterocycles. The largest absolute Gasteiger partial charge is 0.489 e. The van der Waals surface area contributed by atoms with Crippen LogP contribution >= 0.6 is 0 Å². The molecule has 1 fully saturated rings. The van der Waals surface area contributed by atoms with Gasteiger partial charge in [0.25, 0.3) is 5.91 Å². The Hall–Kier alpha value is -3.82. The molecular weight excluding hydrogens is 410 g/mol. The molecule has 1 aliphatic heterocycles. The van der Waals surface area contributed by atoms with E-state index >= 15 is 0 Å². The minimum atomic E-state index is -0.593. The van der Waals surface area contributed by atoms with Gasteiger partial charge in [0.1, 0.15) is 11.9 Å². The number of nitrogens with zero attached hydrogens (tertiary/aromatic N) is 6. The van der Waals surface area contributed by atoms with Gasteiger partial charge in [0.15, 0.2) is 11.5 Å². The predicted octanol–water partition coefficient (Wildman–Crippen LogP) is 1.72. The number of anilines is 1. The van der Waals surface area contributed by atoms with Gasteiger partial charge in [-0.1, -0.05) is 0 Å². The molecule has 0 aliphatic carbocycles. The molecule has 10 heteroatoms. The standard InChI is InChI=1S/C22H25N7O3/c1-14-18(11-15-5-8-25-26-12-15)20(21(23)30)27-28-22(14)29-9-6-16(7-10-29)32-17-3-4-19(31-2)24-13-17/h3-5,8,12-13,16H,6-7,9-11H2,1-2H3,(H2,23,30). The van der Waals surface area contributed by atoms with E-state index in [0.29, 0.717) is 12.3 Å². The molecule has 0 saturated carbocycles. The van der Waals surface area contributed by atoms with Gasteiger partial charge in [-0.25, -0.2) is 4.98 Å². The highest BCUT2D eigenvalue weighted by Gasteiger charge is 2.26. The average Bonchev–Trinajstić information content (AvgIpc) is 2.82. The normalized spacial score (nSPS) is 14.2. The number of piperidine rings is 1. The minimum Gasteiger partial charge on any atom is -0.489 e. The van der Waals surface area contributed by atoms with Gasteiger partial charge >= 0.3 is 0 Å². The molecule has 0 spiro atoms. The third kappa shape index (κ3) is 4.74. The zero-order valence-electron chi connectivity index (χ0n) is 18.1. The van der Waals surface area contributed by atoms with Crippen molar-refractivity contribution < 1.29 is 14.3 Å². The van der Waals surface area contributed by atoms with Crippen LogP contribution in [0.1, 0.15) is 40.0 Å². The Kier molecular flexibility index (Phi) is 6.39. The summed E-state index contributed by atoms with van der Waals surface area (Å²) < 4.78 is 11.1. The molecule has 3 aromatic rings. The number of carbonyl (C=O) groups excluding carboxylic acids is 1. The number of hydrogen-bond acceptors (Lipinski definition) is 9. The molecule has 0 aromatic carbocycles. The first kappa shape index (κ1) is 21.4. The van der Waals surface area contributed by atoms with Crippen molar-refractivity contribution in [2.45, 2.75) is 32.3 Å². The number of ether oxygens (including phenoxy) is 2. The molecule has 1 aliphatic rings. The average molecular weight is 435 g/mol. The first-order valence-electron chi connectivity index (χ1n) is 10.4. The number of nitrogens with two attached hydrogens (primary N) is 1. The lowest BCUT2D eigenvalue weighted by Crippen LogP contribution is -2.39. The number of amides is 1. The fourth-order valence-electron chi connectivity index (χ4n) is 3.82. The second-order valence-electron chi connectivity index (χ2n) is 7.61. The maximum atomic E-state index is 12.0. The lowest BCUT2D eigenvalue weighted by atomic mass is 9.99. The first-order chi connectivity index (χ1) is 15.5. The van der Waals surface area contributed by atoms with Crippen molar-refractivity contribution in [1.29, 1.82) is 0 Å². The van der Waals surface area contributed by atoms with E-state index < -0.39 is 5.91 Å². The highest BCUT2D eigenvalue weighted by Crippen LogP contribution is 2.28. The molecule has 1 amide bonds. The lowest BCUT2D eigenvalue weighted by molar-refractivity contribution is 0.0993. The van der Waals surface area contributed by atoms with Crippen LogP contribution in [0.4, 0.5) is 5.82 Å². The van der Waals surface area contributed by atoms with Crippen LogP contribution in [0.15, 0.2) is 36.8 Å². The fourth-order valence-corrected chi connectivity index (χ4v) is 3.82. The quantitative estimate of drug-likeness (QED) is 0.589. The van der Waals surface area contributed by atoms with E-state index in [1.54, 1.807) is 31.8 Å². The van der Waals surface area contributed by atoms with Crippen LogP contribution in [0.5, 0.6) is 11.6 Å². The van der Waals surface area contributed by atoms with Crippen molar-refractivity contribution in [1.82, 2.24) is 25.4 Å². The van der Waals surface area contributed by atoms with E-state index in [9.17, 15) is 4.79 Å². The summed E-state index contributed by atoms with van der Waals surface area (Å²) >= 11 is 0. The van der Waals surface area contributed by atoms with Crippen molar-refractivity contribution in [2.75, 3.05) is 25.1 Å². The highest BCUT2D eigenvalue weighted by molar-refractivity contribution is 5.93. The molecular formula is C22H25N7O3. The third-order valence-electron chi connectivity index (χ3n) is 5.54. The Morgan fingerprint density at radius 2 is 1.97 bits per heavy atom. The molecule has 0 atom stereocenters. The van der Waals surface area contributed by atoms with Gasteiger partial charge in [0.2, 0.25) is 5.88 Å². The van der Waals surface area contributed by atoms with E-state index in [1.807, 2.05) is 19.1 Å². The van der Waals surface area contributed by atoms with Gasteiger partial charge in [0, 0.05) is 44.6 Å². The smallest absolute Gasteiger partial charge is 0.269 e. The summed E-state index contributed by atoms with van der Waals surface area (Å²) in [6.07, 6.45) is 7.18. The van der Waals surface area contributed by atoms with Gasteiger partial charge in [0.05, 0.1) is 19.5 Å². The van der Waals surface area contributed by atoms with Crippen LogP contribution in [0, 0.1) is 6.92 Å². The molecule has 4 heterocycles. The maximum absolute atomic E-state index is 12.0. The Morgan fingerprint density at radius 1 is 1.16 bits per heavy atom. The minimum absolute atomic E-state index is 0.0852. The molecule has 0 bridgehead atoms.